The number of halogens is 1. The van der Waals surface area contributed by atoms with Gasteiger partial charge in [-0.2, -0.15) is 0 Å². The minimum Gasteiger partial charge on any atom is -0.465 e. The molecule has 4 unspecified atom stereocenters. The van der Waals surface area contributed by atoms with E-state index in [4.69, 9.17) is 9.47 Å². The first-order chi connectivity index (χ1) is 17.1. The molecule has 3 aliphatic rings. The number of aliphatic hydroxyl groups excluding tert-OH is 1. The summed E-state index contributed by atoms with van der Waals surface area (Å²) in [5, 5.41) is 16.5. The Labute approximate surface area is 209 Å². The highest BCUT2D eigenvalue weighted by Gasteiger charge is 2.29. The van der Waals surface area contributed by atoms with Crippen molar-refractivity contribution in [2.75, 3.05) is 18.7 Å². The van der Waals surface area contributed by atoms with Crippen LogP contribution in [0.3, 0.4) is 0 Å². The van der Waals surface area contributed by atoms with Gasteiger partial charge in [0.05, 0.1) is 12.3 Å². The van der Waals surface area contributed by atoms with Crippen LogP contribution in [0.25, 0.3) is 0 Å². The predicted octanol–water partition coefficient (Wildman–Crippen LogP) is 5.88. The van der Waals surface area contributed by atoms with Crippen molar-refractivity contribution < 1.29 is 23.8 Å². The molecule has 3 N–H and O–H groups in total. The summed E-state index contributed by atoms with van der Waals surface area (Å²) in [4.78, 5) is 12.7. The molecule has 0 saturated heterocycles. The largest absolute Gasteiger partial charge is 0.465 e. The second-order valence-electron chi connectivity index (χ2n) is 10.7. The molecule has 2 saturated carbocycles. The van der Waals surface area contributed by atoms with Gasteiger partial charge in [-0.3, -0.25) is 4.79 Å². The van der Waals surface area contributed by atoms with Gasteiger partial charge in [-0.1, -0.05) is 51.4 Å². The van der Waals surface area contributed by atoms with E-state index in [1.54, 1.807) is 0 Å². The summed E-state index contributed by atoms with van der Waals surface area (Å²) < 4.78 is 24.5. The normalized spacial score (nSPS) is 25.3. The van der Waals surface area contributed by atoms with Crippen LogP contribution in [0.15, 0.2) is 12.1 Å². The quantitative estimate of drug-likeness (QED) is 0.282. The summed E-state index contributed by atoms with van der Waals surface area (Å²) in [5.74, 6) is 2.40. The first kappa shape index (κ1) is 26.2. The van der Waals surface area contributed by atoms with Gasteiger partial charge in [-0.05, 0) is 56.4 Å². The zero-order valence-electron chi connectivity index (χ0n) is 21.0. The Morgan fingerprint density at radius 3 is 2.63 bits per heavy atom. The molecule has 1 heterocycles. The number of amides is 1. The molecule has 4 rings (SSSR count). The fourth-order valence-corrected chi connectivity index (χ4v) is 6.20. The SMILES string of the molecule is O=C(NCCCCCCC(O)Nc1cc(F)cc2c1OCOC2)C1CCCC2CCCCC2CC1. The Kier molecular flexibility index (Phi) is 10.1. The molecule has 7 heteroatoms. The number of fused-ring (bicyclic) bond motifs is 2. The Morgan fingerprint density at radius 1 is 1.00 bits per heavy atom. The first-order valence-electron chi connectivity index (χ1n) is 13.9. The van der Waals surface area contributed by atoms with Crippen molar-refractivity contribution in [1.29, 1.82) is 0 Å². The van der Waals surface area contributed by atoms with E-state index in [-0.39, 0.29) is 24.4 Å². The van der Waals surface area contributed by atoms with E-state index in [1.165, 1.54) is 57.1 Å². The van der Waals surface area contributed by atoms with Crippen molar-refractivity contribution in [3.8, 4) is 5.75 Å². The smallest absolute Gasteiger partial charge is 0.223 e. The molecule has 4 atom stereocenters. The Hall–Kier alpha value is -1.86. The van der Waals surface area contributed by atoms with E-state index in [2.05, 4.69) is 10.6 Å². The lowest BCUT2D eigenvalue weighted by Gasteiger charge is -2.35. The average molecular weight is 491 g/mol. The number of anilines is 1. The maximum Gasteiger partial charge on any atom is 0.223 e. The molecular formula is C28H43FN2O4. The van der Waals surface area contributed by atoms with E-state index in [1.807, 2.05) is 0 Å². The lowest BCUT2D eigenvalue weighted by atomic mass is 9.71. The van der Waals surface area contributed by atoms with E-state index in [9.17, 15) is 14.3 Å². The molecule has 6 nitrogen and oxygen atoms in total. The standard InChI is InChI=1S/C28H43FN2O4/c29-24-16-23-18-34-19-35-27(23)25(17-24)31-26(32)12-3-1-2-6-15-30-28(33)22-11-7-10-20-8-4-5-9-21(20)13-14-22/h16-17,20-22,26,31-32H,1-15,18-19H2,(H,30,33). The fourth-order valence-electron chi connectivity index (χ4n) is 6.20. The molecule has 0 spiro atoms. The highest BCUT2D eigenvalue weighted by molar-refractivity contribution is 5.78. The summed E-state index contributed by atoms with van der Waals surface area (Å²) in [5.41, 5.74) is 1.11. The number of ether oxygens (including phenoxy) is 2. The number of unbranched alkanes of at least 4 members (excludes halogenated alkanes) is 3. The van der Waals surface area contributed by atoms with Crippen LogP contribution in [0.5, 0.6) is 5.75 Å². The molecule has 35 heavy (non-hydrogen) atoms. The van der Waals surface area contributed by atoms with E-state index in [0.29, 0.717) is 30.0 Å². The monoisotopic (exact) mass is 490 g/mol. The molecule has 1 amide bonds. The molecule has 0 radical (unpaired) electrons. The third kappa shape index (κ3) is 7.81. The zero-order valence-corrected chi connectivity index (χ0v) is 21.0. The van der Waals surface area contributed by atoms with Gasteiger partial charge in [0.2, 0.25) is 5.91 Å². The molecule has 2 aliphatic carbocycles. The summed E-state index contributed by atoms with van der Waals surface area (Å²) in [7, 11) is 0. The minimum atomic E-state index is -0.768. The highest BCUT2D eigenvalue weighted by Crippen LogP contribution is 2.39. The van der Waals surface area contributed by atoms with Gasteiger partial charge in [0, 0.05) is 24.1 Å². The van der Waals surface area contributed by atoms with Crippen LogP contribution in [0, 0.1) is 23.6 Å². The van der Waals surface area contributed by atoms with Crippen molar-refractivity contribution in [3.05, 3.63) is 23.5 Å². The molecule has 1 aliphatic heterocycles. The van der Waals surface area contributed by atoms with Gasteiger partial charge in [-0.15, -0.1) is 0 Å². The van der Waals surface area contributed by atoms with Crippen molar-refractivity contribution in [2.24, 2.45) is 17.8 Å². The fraction of sp³-hybridized carbons (Fsp3) is 0.750. The lowest BCUT2D eigenvalue weighted by molar-refractivity contribution is -0.125. The highest BCUT2D eigenvalue weighted by atomic mass is 19.1. The number of carbonyl (C=O) groups is 1. The number of nitrogens with one attached hydrogen (secondary N) is 2. The third-order valence-corrected chi connectivity index (χ3v) is 8.15. The van der Waals surface area contributed by atoms with E-state index >= 15 is 0 Å². The summed E-state index contributed by atoms with van der Waals surface area (Å²) in [6.07, 6.45) is 15.0. The third-order valence-electron chi connectivity index (χ3n) is 8.15. The van der Waals surface area contributed by atoms with E-state index < -0.39 is 6.23 Å². The van der Waals surface area contributed by atoms with Gasteiger partial charge in [0.25, 0.3) is 0 Å². The van der Waals surface area contributed by atoms with Gasteiger partial charge < -0.3 is 25.2 Å². The van der Waals surface area contributed by atoms with Gasteiger partial charge >= 0.3 is 0 Å². The lowest BCUT2D eigenvalue weighted by Crippen LogP contribution is -2.33. The Morgan fingerprint density at radius 2 is 1.77 bits per heavy atom. The topological polar surface area (TPSA) is 79.8 Å². The first-order valence-corrected chi connectivity index (χ1v) is 13.9. The maximum absolute atomic E-state index is 13.8. The maximum atomic E-state index is 13.8. The van der Waals surface area contributed by atoms with Crippen molar-refractivity contribution in [1.82, 2.24) is 5.32 Å². The number of hydrogen-bond donors (Lipinski definition) is 3. The van der Waals surface area contributed by atoms with Crippen LogP contribution in [0.4, 0.5) is 10.1 Å². The summed E-state index contributed by atoms with van der Waals surface area (Å²) in [6.45, 7) is 1.16. The molecule has 0 bridgehead atoms. The van der Waals surface area contributed by atoms with Crippen molar-refractivity contribution >= 4 is 11.6 Å². The van der Waals surface area contributed by atoms with E-state index in [0.717, 1.165) is 56.9 Å². The average Bonchev–Trinajstić information content (AvgIpc) is 2.84. The molecule has 1 aromatic rings. The number of rotatable bonds is 10. The van der Waals surface area contributed by atoms with Crippen LogP contribution in [0.1, 0.15) is 95.5 Å². The van der Waals surface area contributed by atoms with Crippen LogP contribution in [-0.4, -0.2) is 30.6 Å². The van der Waals surface area contributed by atoms with Crippen LogP contribution < -0.4 is 15.4 Å². The summed E-state index contributed by atoms with van der Waals surface area (Å²) >= 11 is 0. The van der Waals surface area contributed by atoms with Crippen LogP contribution in [0.2, 0.25) is 0 Å². The number of hydrogen-bond acceptors (Lipinski definition) is 5. The van der Waals surface area contributed by atoms with Crippen LogP contribution >= 0.6 is 0 Å². The molecule has 2 fully saturated rings. The summed E-state index contributed by atoms with van der Waals surface area (Å²) in [6, 6.07) is 2.74. The molecule has 196 valence electrons. The number of carbonyl (C=O) groups excluding carboxylic acids is 1. The van der Waals surface area contributed by atoms with Gasteiger partial charge in [0.15, 0.2) is 12.5 Å². The van der Waals surface area contributed by atoms with Gasteiger partial charge in [0.1, 0.15) is 12.0 Å². The molecule has 1 aromatic carbocycles. The Bertz CT molecular complexity index is 820. The molecule has 0 aromatic heterocycles. The number of aliphatic hydroxyl groups is 1. The Balaban J connectivity index is 1.07. The molecular weight excluding hydrogens is 447 g/mol. The minimum absolute atomic E-state index is 0.127. The van der Waals surface area contributed by atoms with Crippen LogP contribution in [-0.2, 0) is 16.1 Å². The van der Waals surface area contributed by atoms with Crippen molar-refractivity contribution in [3.63, 3.8) is 0 Å². The van der Waals surface area contributed by atoms with Gasteiger partial charge in [-0.25, -0.2) is 4.39 Å². The number of benzene rings is 1. The second kappa shape index (κ2) is 13.4. The van der Waals surface area contributed by atoms with Crippen molar-refractivity contribution in [2.45, 2.75) is 103 Å². The zero-order chi connectivity index (χ0) is 24.5. The second-order valence-corrected chi connectivity index (χ2v) is 10.7. The predicted molar refractivity (Wildman–Crippen MR) is 134 cm³/mol.